The van der Waals surface area contributed by atoms with E-state index in [4.69, 9.17) is 9.72 Å². The molecule has 28 heteroatoms. The van der Waals surface area contributed by atoms with Gasteiger partial charge in [0, 0.05) is 72.9 Å². The number of fused-ring (bicyclic) bond motifs is 2. The fraction of sp³-hybridized carbons (Fsp3) is 0.519. The fourth-order valence-corrected chi connectivity index (χ4v) is 9.98. The van der Waals surface area contributed by atoms with Crippen molar-refractivity contribution in [2.75, 3.05) is 52.0 Å². The van der Waals surface area contributed by atoms with Crippen LogP contribution in [0.2, 0.25) is 0 Å². The number of aliphatic hydroxyl groups is 1. The lowest BCUT2D eigenvalue weighted by Crippen LogP contribution is -2.63. The van der Waals surface area contributed by atoms with Crippen LogP contribution in [0, 0.1) is 41.2 Å². The van der Waals surface area contributed by atoms with Gasteiger partial charge in [0.2, 0.25) is 5.91 Å². The first-order valence-corrected chi connectivity index (χ1v) is 25.8. The minimum atomic E-state index is -5.23. The predicted octanol–water partition coefficient (Wildman–Crippen LogP) is 6.93. The molecule has 3 saturated heterocycles. The summed E-state index contributed by atoms with van der Waals surface area (Å²) >= 11 is 0. The number of amides is 4. The van der Waals surface area contributed by atoms with Crippen LogP contribution < -0.4 is 26.3 Å². The Hall–Kier alpha value is -7.22. The molecule has 82 heavy (non-hydrogen) atoms. The van der Waals surface area contributed by atoms with E-state index in [1.807, 2.05) is 23.7 Å². The maximum atomic E-state index is 16.1. The number of aliphatic hydroxyl groups excluding tert-OH is 1. The van der Waals surface area contributed by atoms with E-state index in [1.165, 1.54) is 12.1 Å². The van der Waals surface area contributed by atoms with Crippen LogP contribution in [0.3, 0.4) is 0 Å². The highest BCUT2D eigenvalue weighted by molar-refractivity contribution is 5.87. The molecule has 4 aromatic rings. The third-order valence-corrected chi connectivity index (χ3v) is 15.1. The Morgan fingerprint density at radius 3 is 1.83 bits per heavy atom. The van der Waals surface area contributed by atoms with Gasteiger partial charge in [-0.05, 0) is 101 Å². The minimum absolute atomic E-state index is 0.199. The average Bonchev–Trinajstić information content (AvgIpc) is 4.20. The zero-order valence-corrected chi connectivity index (χ0v) is 45.5. The molecule has 2 bridgehead atoms. The van der Waals surface area contributed by atoms with Crippen LogP contribution in [0.15, 0.2) is 60.9 Å². The van der Waals surface area contributed by atoms with Gasteiger partial charge in [0.15, 0.2) is 0 Å². The standard InChI is InChI=1S/C54H62F10N10O8/c1-29-18-32(22-65-45(29)71-23-34-14-15-35(24-71)74(34)36-27-82-28-36)13-10-30-8-11-31(12-9-30)19-41(66-46(76)43(67-49(78)80-6)51(2,3)53(59,60)61)42(75)26-72(70-47(77)44(68-50(79)81-7)52(4,5)54(62,63)64)25-37-38(55)20-33(21-39(37)56)40-16-17-73(69-40)48(57)58/h8-9,11-12,16-18,20-22,34-36,41-44,48,75H,14-15,19,23-28H2,1-7H3,(H,66,76)(H,67,78)(H,68,79)(H,70,77)/t34?,35?,41-,42-,43+,44+/m0/s1. The number of aromatic nitrogens is 3. The molecule has 6 atom stereocenters. The maximum absolute atomic E-state index is 16.1. The van der Waals surface area contributed by atoms with Crippen molar-refractivity contribution in [3.63, 3.8) is 0 Å². The zero-order valence-electron chi connectivity index (χ0n) is 45.5. The number of hydrogen-bond donors (Lipinski definition) is 5. The van der Waals surface area contributed by atoms with Gasteiger partial charge in [0.25, 0.3) is 5.91 Å². The molecule has 0 saturated carbocycles. The second-order valence-electron chi connectivity index (χ2n) is 21.4. The number of pyridine rings is 1. The van der Waals surface area contributed by atoms with Gasteiger partial charge in [-0.25, -0.2) is 33.0 Å². The molecule has 0 radical (unpaired) electrons. The second kappa shape index (κ2) is 25.1. The largest absolute Gasteiger partial charge is 0.453 e. The number of nitrogens with zero attached hydrogens (tertiary/aromatic N) is 6. The molecule has 5 heterocycles. The van der Waals surface area contributed by atoms with Crippen LogP contribution in [0.25, 0.3) is 11.3 Å². The predicted molar refractivity (Wildman–Crippen MR) is 274 cm³/mol. The zero-order chi connectivity index (χ0) is 60.2. The number of aryl methyl sites for hydroxylation is 1. The van der Waals surface area contributed by atoms with E-state index in [0.717, 1.165) is 77.0 Å². The first-order chi connectivity index (χ1) is 38.4. The van der Waals surface area contributed by atoms with E-state index in [0.29, 0.717) is 74.1 Å². The first-order valence-electron chi connectivity index (χ1n) is 25.8. The van der Waals surface area contributed by atoms with Crippen molar-refractivity contribution in [3.05, 3.63) is 100 Å². The van der Waals surface area contributed by atoms with E-state index in [1.54, 1.807) is 23.6 Å². The van der Waals surface area contributed by atoms with Crippen LogP contribution in [0.1, 0.15) is 74.9 Å². The maximum Gasteiger partial charge on any atom is 0.407 e. The van der Waals surface area contributed by atoms with Crippen LogP contribution in [-0.4, -0.2) is 156 Å². The van der Waals surface area contributed by atoms with Gasteiger partial charge in [0.1, 0.15) is 29.5 Å². The molecule has 2 aromatic heterocycles. The molecular formula is C54H62F10N10O8. The lowest BCUT2D eigenvalue weighted by Gasteiger charge is -2.48. The SMILES string of the molecule is COC(=O)N[C@H](C(=O)N[C@@H](Cc1ccc(C#Cc2cnc(N3CC4CCC(C3)N4C3COC3)c(C)c2)cc1)[C@@H](O)CN(Cc1c(F)cc(-c2ccn(C(F)F)n2)cc1F)NC(=O)[C@@H](NC(=O)OC)C(C)(C)C(F)(F)F)C(C)(C)C(F)(F)F. The van der Waals surface area contributed by atoms with Crippen molar-refractivity contribution >= 4 is 29.8 Å². The number of methoxy groups -OCH3 is 2. The van der Waals surface area contributed by atoms with E-state index < -0.39 is 115 Å². The Morgan fingerprint density at radius 2 is 1.34 bits per heavy atom. The molecule has 18 nitrogen and oxygen atoms in total. The fourth-order valence-electron chi connectivity index (χ4n) is 9.98. The molecule has 5 N–H and O–H groups in total. The first kappa shape index (κ1) is 62.4. The lowest BCUT2D eigenvalue weighted by molar-refractivity contribution is -0.221. The molecule has 0 spiro atoms. The Bertz CT molecular complexity index is 2980. The highest BCUT2D eigenvalue weighted by Crippen LogP contribution is 2.42. The number of piperazine rings is 1. The highest BCUT2D eigenvalue weighted by atomic mass is 19.4. The molecule has 7 rings (SSSR count). The molecule has 2 aromatic carbocycles. The number of carbonyl (C=O) groups is 4. The molecule has 3 fully saturated rings. The number of hydrogen-bond acceptors (Lipinski definition) is 13. The monoisotopic (exact) mass is 1170 g/mol. The molecular weight excluding hydrogens is 1110 g/mol. The minimum Gasteiger partial charge on any atom is -0.453 e. The Kier molecular flexibility index (Phi) is 19.1. The Morgan fingerprint density at radius 1 is 0.793 bits per heavy atom. The molecule has 0 aliphatic carbocycles. The number of rotatable bonds is 19. The lowest BCUT2D eigenvalue weighted by atomic mass is 9.82. The summed E-state index contributed by atoms with van der Waals surface area (Å²) in [5.74, 6) is 0.900. The van der Waals surface area contributed by atoms with Crippen molar-refractivity contribution in [2.45, 2.75) is 122 Å². The van der Waals surface area contributed by atoms with Crippen LogP contribution >= 0.6 is 0 Å². The topological polar surface area (TPSA) is 205 Å². The van der Waals surface area contributed by atoms with Gasteiger partial charge >= 0.3 is 31.1 Å². The number of alkyl halides is 8. The summed E-state index contributed by atoms with van der Waals surface area (Å²) in [6.07, 6.45) is -11.3. The van der Waals surface area contributed by atoms with Gasteiger partial charge in [-0.2, -0.15) is 40.2 Å². The number of halogens is 10. The quantitative estimate of drug-likeness (QED) is 0.0368. The molecule has 4 amide bonds. The van der Waals surface area contributed by atoms with Crippen molar-refractivity contribution in [1.82, 2.24) is 46.0 Å². The molecule has 2 unspecified atom stereocenters. The van der Waals surface area contributed by atoms with Crippen LogP contribution in [-0.2, 0) is 36.8 Å². The number of anilines is 1. The number of ether oxygens (including phenoxy) is 3. The molecule has 446 valence electrons. The summed E-state index contributed by atoms with van der Waals surface area (Å²) < 4.78 is 161. The van der Waals surface area contributed by atoms with Gasteiger partial charge in [-0.1, -0.05) is 24.0 Å². The van der Waals surface area contributed by atoms with Gasteiger partial charge < -0.3 is 40.2 Å². The second-order valence-corrected chi connectivity index (χ2v) is 21.4. The number of hydrazine groups is 1. The van der Waals surface area contributed by atoms with E-state index >= 15 is 8.78 Å². The van der Waals surface area contributed by atoms with E-state index in [9.17, 15) is 59.4 Å². The molecule has 3 aliphatic rings. The van der Waals surface area contributed by atoms with E-state index in [2.05, 4.69) is 41.5 Å². The Labute approximate surface area is 465 Å². The summed E-state index contributed by atoms with van der Waals surface area (Å²) in [5, 5.41) is 22.1. The normalized spacial score (nSPS) is 18.4. The summed E-state index contributed by atoms with van der Waals surface area (Å²) in [7, 11) is 1.61. The smallest absolute Gasteiger partial charge is 0.407 e. The summed E-state index contributed by atoms with van der Waals surface area (Å²) in [4.78, 5) is 62.6. The van der Waals surface area contributed by atoms with Crippen LogP contribution in [0.5, 0.6) is 0 Å². The summed E-state index contributed by atoms with van der Waals surface area (Å²) in [6.45, 7) is 1.99. The number of nitrogens with one attached hydrogen (secondary N) is 4. The third-order valence-electron chi connectivity index (χ3n) is 15.1. The average molecular weight is 1170 g/mol. The van der Waals surface area contributed by atoms with Gasteiger partial charge in [-0.3, -0.25) is 19.9 Å². The third kappa shape index (κ3) is 14.2. The van der Waals surface area contributed by atoms with Crippen molar-refractivity contribution in [1.29, 1.82) is 0 Å². The number of carbonyl (C=O) groups excluding carboxylic acids is 4. The summed E-state index contributed by atoms with van der Waals surface area (Å²) in [5.41, 5.74) is -3.47. The van der Waals surface area contributed by atoms with Crippen molar-refractivity contribution < 1.29 is 82.4 Å². The summed E-state index contributed by atoms with van der Waals surface area (Å²) in [6, 6.07) is 4.82. The van der Waals surface area contributed by atoms with E-state index in [-0.39, 0.29) is 21.5 Å². The molecule has 3 aliphatic heterocycles. The van der Waals surface area contributed by atoms with Crippen LogP contribution in [0.4, 0.5) is 59.3 Å². The van der Waals surface area contributed by atoms with Crippen molar-refractivity contribution in [3.8, 4) is 23.1 Å². The highest BCUT2D eigenvalue weighted by Gasteiger charge is 2.57. The number of alkyl carbamates (subject to hydrolysis) is 2. The number of benzene rings is 2. The van der Waals surface area contributed by atoms with Gasteiger partial charge in [0.05, 0.1) is 62.1 Å². The Balaban J connectivity index is 1.19. The van der Waals surface area contributed by atoms with Crippen molar-refractivity contribution in [2.24, 2.45) is 10.8 Å². The van der Waals surface area contributed by atoms with Gasteiger partial charge in [-0.15, -0.1) is 0 Å².